The number of aromatic nitrogens is 2. The van der Waals surface area contributed by atoms with Gasteiger partial charge in [0.15, 0.2) is 0 Å². The molecule has 16 heavy (non-hydrogen) atoms. The molecular formula is C9H14N4O3. The summed E-state index contributed by atoms with van der Waals surface area (Å²) in [5.74, 6) is -1.07. The molecule has 7 heteroatoms. The van der Waals surface area contributed by atoms with Gasteiger partial charge in [0.2, 0.25) is 0 Å². The van der Waals surface area contributed by atoms with Crippen molar-refractivity contribution in [2.24, 2.45) is 0 Å². The fourth-order valence-corrected chi connectivity index (χ4v) is 1.17. The van der Waals surface area contributed by atoms with E-state index in [-0.39, 0.29) is 12.6 Å². The highest BCUT2D eigenvalue weighted by molar-refractivity contribution is 5.79. The zero-order chi connectivity index (χ0) is 12.0. The van der Waals surface area contributed by atoms with Gasteiger partial charge >= 0.3 is 12.0 Å². The maximum Gasteiger partial charge on any atom is 0.323 e. The number of carbonyl (C=O) groups is 2. The summed E-state index contributed by atoms with van der Waals surface area (Å²) in [4.78, 5) is 21.4. The maximum absolute atomic E-state index is 11.2. The Kier molecular flexibility index (Phi) is 4.31. The average molecular weight is 226 g/mol. The third kappa shape index (κ3) is 4.45. The van der Waals surface area contributed by atoms with Crippen LogP contribution in [0.1, 0.15) is 6.92 Å². The van der Waals surface area contributed by atoms with Gasteiger partial charge in [0.05, 0.1) is 6.54 Å². The average Bonchev–Trinajstić information content (AvgIpc) is 2.67. The minimum absolute atomic E-state index is 0.131. The van der Waals surface area contributed by atoms with Gasteiger partial charge in [-0.05, 0) is 13.0 Å². The number of carboxylic acid groups (broad SMARTS) is 1. The van der Waals surface area contributed by atoms with Crippen LogP contribution in [0.2, 0.25) is 0 Å². The van der Waals surface area contributed by atoms with Crippen molar-refractivity contribution < 1.29 is 14.7 Å². The molecule has 88 valence electrons. The third-order valence-corrected chi connectivity index (χ3v) is 1.80. The van der Waals surface area contributed by atoms with Crippen molar-refractivity contribution in [2.75, 3.05) is 6.54 Å². The summed E-state index contributed by atoms with van der Waals surface area (Å²) < 4.78 is 1.68. The van der Waals surface area contributed by atoms with Gasteiger partial charge < -0.3 is 15.7 Å². The number of hydrogen-bond donors (Lipinski definition) is 3. The predicted octanol–water partition coefficient (Wildman–Crippen LogP) is -0.345. The molecule has 1 heterocycles. The first kappa shape index (κ1) is 12.0. The zero-order valence-corrected chi connectivity index (χ0v) is 8.88. The number of carbonyl (C=O) groups excluding carboxylic acids is 1. The Bertz CT molecular complexity index is 350. The summed E-state index contributed by atoms with van der Waals surface area (Å²) >= 11 is 0. The molecule has 0 bridgehead atoms. The van der Waals surface area contributed by atoms with Crippen LogP contribution in [0.5, 0.6) is 0 Å². The summed E-state index contributed by atoms with van der Waals surface area (Å²) in [6, 6.07) is 1.16. The van der Waals surface area contributed by atoms with E-state index in [1.165, 1.54) is 0 Å². The van der Waals surface area contributed by atoms with E-state index in [4.69, 9.17) is 5.11 Å². The molecule has 1 aromatic rings. The fraction of sp³-hybridized carbons (Fsp3) is 0.444. The van der Waals surface area contributed by atoms with Gasteiger partial charge in [-0.1, -0.05) is 0 Å². The van der Waals surface area contributed by atoms with E-state index in [0.717, 1.165) is 0 Å². The Morgan fingerprint density at radius 3 is 2.88 bits per heavy atom. The number of aliphatic carboxylic acids is 1. The Labute approximate surface area is 92.4 Å². The van der Waals surface area contributed by atoms with Crippen LogP contribution < -0.4 is 10.6 Å². The van der Waals surface area contributed by atoms with Crippen LogP contribution in [0.3, 0.4) is 0 Å². The minimum atomic E-state index is -1.07. The lowest BCUT2D eigenvalue weighted by Crippen LogP contribution is -2.44. The molecule has 0 aliphatic rings. The molecular weight excluding hydrogens is 212 g/mol. The molecule has 7 nitrogen and oxygen atoms in total. The number of nitrogens with one attached hydrogen (secondary N) is 2. The second-order valence-corrected chi connectivity index (χ2v) is 3.35. The highest BCUT2D eigenvalue weighted by Crippen LogP contribution is 1.90. The number of hydrogen-bond acceptors (Lipinski definition) is 3. The zero-order valence-electron chi connectivity index (χ0n) is 8.88. The second-order valence-electron chi connectivity index (χ2n) is 3.35. The summed E-state index contributed by atoms with van der Waals surface area (Å²) in [5.41, 5.74) is 0. The summed E-state index contributed by atoms with van der Waals surface area (Å²) in [6.45, 7) is 1.95. The Morgan fingerprint density at radius 1 is 1.56 bits per heavy atom. The normalized spacial score (nSPS) is 11.8. The second kappa shape index (κ2) is 5.74. The molecule has 0 spiro atoms. The van der Waals surface area contributed by atoms with E-state index in [0.29, 0.717) is 6.54 Å². The van der Waals surface area contributed by atoms with Crippen molar-refractivity contribution in [3.05, 3.63) is 18.5 Å². The summed E-state index contributed by atoms with van der Waals surface area (Å²) in [5, 5.41) is 17.1. The number of nitrogens with zero attached hydrogens (tertiary/aromatic N) is 2. The van der Waals surface area contributed by atoms with Crippen LogP contribution in [0.15, 0.2) is 18.5 Å². The molecule has 0 saturated carbocycles. The lowest BCUT2D eigenvalue weighted by Gasteiger charge is -2.13. The molecule has 1 rings (SSSR count). The van der Waals surface area contributed by atoms with Crippen molar-refractivity contribution in [3.8, 4) is 0 Å². The van der Waals surface area contributed by atoms with Crippen LogP contribution >= 0.6 is 0 Å². The SMILES string of the molecule is CC(Cn1cccn1)NC(=O)NCC(=O)O. The van der Waals surface area contributed by atoms with Gasteiger partial charge in [0, 0.05) is 18.4 Å². The number of carboxylic acids is 1. The highest BCUT2D eigenvalue weighted by Gasteiger charge is 2.08. The molecule has 3 N–H and O–H groups in total. The number of urea groups is 1. The molecule has 2 amide bonds. The molecule has 1 atom stereocenters. The number of rotatable bonds is 5. The van der Waals surface area contributed by atoms with E-state index >= 15 is 0 Å². The standard InChI is InChI=1S/C9H14N4O3/c1-7(6-13-4-2-3-11-13)12-9(16)10-5-8(14)15/h2-4,7H,5-6H2,1H3,(H,14,15)(H2,10,12,16). The molecule has 0 aliphatic heterocycles. The van der Waals surface area contributed by atoms with Crippen LogP contribution in [0, 0.1) is 0 Å². The summed E-state index contributed by atoms with van der Waals surface area (Å²) in [7, 11) is 0. The molecule has 0 aromatic carbocycles. The first-order valence-corrected chi connectivity index (χ1v) is 4.81. The first-order valence-electron chi connectivity index (χ1n) is 4.81. The molecule has 0 aliphatic carbocycles. The highest BCUT2D eigenvalue weighted by atomic mass is 16.4. The summed E-state index contributed by atoms with van der Waals surface area (Å²) in [6.07, 6.45) is 3.44. The Balaban J connectivity index is 2.25. The quantitative estimate of drug-likeness (QED) is 0.639. The van der Waals surface area contributed by atoms with Gasteiger partial charge in [-0.3, -0.25) is 9.48 Å². The van der Waals surface area contributed by atoms with Gasteiger partial charge in [0.1, 0.15) is 6.54 Å². The largest absolute Gasteiger partial charge is 0.480 e. The predicted molar refractivity (Wildman–Crippen MR) is 55.9 cm³/mol. The van der Waals surface area contributed by atoms with Crippen molar-refractivity contribution >= 4 is 12.0 Å². The molecule has 0 saturated heterocycles. The van der Waals surface area contributed by atoms with E-state index in [9.17, 15) is 9.59 Å². The monoisotopic (exact) mass is 226 g/mol. The Morgan fingerprint density at radius 2 is 2.31 bits per heavy atom. The lowest BCUT2D eigenvalue weighted by molar-refractivity contribution is -0.135. The van der Waals surface area contributed by atoms with Gasteiger partial charge in [-0.25, -0.2) is 4.79 Å². The fourth-order valence-electron chi connectivity index (χ4n) is 1.17. The smallest absolute Gasteiger partial charge is 0.323 e. The molecule has 0 radical (unpaired) electrons. The van der Waals surface area contributed by atoms with Crippen LogP contribution in [-0.2, 0) is 11.3 Å². The van der Waals surface area contributed by atoms with Crippen molar-refractivity contribution in [1.82, 2.24) is 20.4 Å². The topological polar surface area (TPSA) is 96.3 Å². The molecule has 0 fully saturated rings. The minimum Gasteiger partial charge on any atom is -0.480 e. The Hall–Kier alpha value is -2.05. The van der Waals surface area contributed by atoms with Crippen molar-refractivity contribution in [2.45, 2.75) is 19.5 Å². The van der Waals surface area contributed by atoms with E-state index in [1.807, 2.05) is 6.92 Å². The molecule has 1 aromatic heterocycles. The van der Waals surface area contributed by atoms with Crippen LogP contribution in [0.25, 0.3) is 0 Å². The van der Waals surface area contributed by atoms with E-state index in [2.05, 4.69) is 15.7 Å². The lowest BCUT2D eigenvalue weighted by atomic mass is 10.3. The van der Waals surface area contributed by atoms with Crippen molar-refractivity contribution in [3.63, 3.8) is 0 Å². The number of amides is 2. The van der Waals surface area contributed by atoms with Gasteiger partial charge in [0.25, 0.3) is 0 Å². The van der Waals surface area contributed by atoms with E-state index < -0.39 is 12.0 Å². The maximum atomic E-state index is 11.2. The first-order chi connectivity index (χ1) is 7.58. The van der Waals surface area contributed by atoms with Crippen LogP contribution in [0.4, 0.5) is 4.79 Å². The third-order valence-electron chi connectivity index (χ3n) is 1.80. The van der Waals surface area contributed by atoms with Crippen molar-refractivity contribution in [1.29, 1.82) is 0 Å². The van der Waals surface area contributed by atoms with Gasteiger partial charge in [-0.15, -0.1) is 0 Å². The van der Waals surface area contributed by atoms with Crippen LogP contribution in [-0.4, -0.2) is 39.5 Å². The van der Waals surface area contributed by atoms with E-state index in [1.54, 1.807) is 23.1 Å². The van der Waals surface area contributed by atoms with Gasteiger partial charge in [-0.2, -0.15) is 5.10 Å². The molecule has 1 unspecified atom stereocenters.